The van der Waals surface area contributed by atoms with Gasteiger partial charge in [0, 0.05) is 5.69 Å². The van der Waals surface area contributed by atoms with Crippen LogP contribution in [-0.4, -0.2) is 19.6 Å². The lowest BCUT2D eigenvalue weighted by atomic mass is 10.1. The molecule has 1 rings (SSSR count). The summed E-state index contributed by atoms with van der Waals surface area (Å²) in [5.74, 6) is -0.322. The van der Waals surface area contributed by atoms with Crippen molar-refractivity contribution in [3.05, 3.63) is 29.3 Å². The Bertz CT molecular complexity index is 408. The molecule has 4 heteroatoms. The summed E-state index contributed by atoms with van der Waals surface area (Å²) in [6, 6.07) is 7.38. The van der Waals surface area contributed by atoms with Crippen molar-refractivity contribution in [3.63, 3.8) is 0 Å². The highest BCUT2D eigenvalue weighted by Gasteiger charge is 2.01. The van der Waals surface area contributed by atoms with Crippen molar-refractivity contribution in [3.8, 4) is 6.07 Å². The summed E-state index contributed by atoms with van der Waals surface area (Å²) in [6.45, 7) is 1.98. The topological polar surface area (TPSA) is 62.1 Å². The summed E-state index contributed by atoms with van der Waals surface area (Å²) < 4.78 is 4.49. The lowest BCUT2D eigenvalue weighted by molar-refractivity contribution is -0.138. The van der Waals surface area contributed by atoms with Crippen molar-refractivity contribution >= 4 is 11.7 Å². The van der Waals surface area contributed by atoms with Gasteiger partial charge in [0.2, 0.25) is 0 Å². The Morgan fingerprint density at radius 3 is 2.87 bits per heavy atom. The Morgan fingerprint density at radius 1 is 1.60 bits per heavy atom. The molecule has 0 saturated carbocycles. The van der Waals surface area contributed by atoms with Crippen LogP contribution in [0.15, 0.2) is 18.2 Å². The number of methoxy groups -OCH3 is 1. The second-order valence-corrected chi connectivity index (χ2v) is 3.07. The summed E-state index contributed by atoms with van der Waals surface area (Å²) in [5, 5.41) is 11.6. The number of anilines is 1. The van der Waals surface area contributed by atoms with Crippen LogP contribution in [0.3, 0.4) is 0 Å². The number of carbonyl (C=O) groups is 1. The fraction of sp³-hybridized carbons (Fsp3) is 0.273. The van der Waals surface area contributed by atoms with E-state index in [1.807, 2.05) is 13.0 Å². The second-order valence-electron chi connectivity index (χ2n) is 3.07. The zero-order valence-corrected chi connectivity index (χ0v) is 8.70. The first-order valence-corrected chi connectivity index (χ1v) is 4.49. The maximum atomic E-state index is 10.9. The van der Waals surface area contributed by atoms with Gasteiger partial charge >= 0.3 is 5.97 Å². The highest BCUT2D eigenvalue weighted by molar-refractivity contribution is 5.74. The van der Waals surface area contributed by atoms with Crippen molar-refractivity contribution in [2.75, 3.05) is 19.0 Å². The van der Waals surface area contributed by atoms with Gasteiger partial charge in [0.25, 0.3) is 0 Å². The maximum Gasteiger partial charge on any atom is 0.325 e. The smallest absolute Gasteiger partial charge is 0.325 e. The van der Waals surface area contributed by atoms with Gasteiger partial charge in [-0.05, 0) is 30.7 Å². The van der Waals surface area contributed by atoms with E-state index in [4.69, 9.17) is 5.26 Å². The third kappa shape index (κ3) is 2.99. The van der Waals surface area contributed by atoms with E-state index in [1.54, 1.807) is 12.1 Å². The van der Waals surface area contributed by atoms with Crippen LogP contribution in [-0.2, 0) is 9.53 Å². The molecule has 0 radical (unpaired) electrons. The van der Waals surface area contributed by atoms with Gasteiger partial charge in [0.15, 0.2) is 0 Å². The monoisotopic (exact) mass is 204 g/mol. The van der Waals surface area contributed by atoms with Gasteiger partial charge in [0.05, 0.1) is 18.7 Å². The van der Waals surface area contributed by atoms with Crippen LogP contribution in [0.4, 0.5) is 5.69 Å². The molecule has 0 unspecified atom stereocenters. The number of ether oxygens (including phenoxy) is 1. The number of aryl methyl sites for hydroxylation is 1. The highest BCUT2D eigenvalue weighted by atomic mass is 16.5. The van der Waals surface area contributed by atoms with E-state index in [0.717, 1.165) is 11.3 Å². The molecule has 0 bridgehead atoms. The molecule has 0 aromatic heterocycles. The predicted molar refractivity (Wildman–Crippen MR) is 56.4 cm³/mol. The van der Waals surface area contributed by atoms with Crippen molar-refractivity contribution in [1.82, 2.24) is 0 Å². The van der Waals surface area contributed by atoms with Gasteiger partial charge in [-0.25, -0.2) is 0 Å². The summed E-state index contributed by atoms with van der Waals surface area (Å²) >= 11 is 0. The average Bonchev–Trinajstić information content (AvgIpc) is 2.26. The SMILES string of the molecule is COC(=O)CNc1ccc(C#N)c(C)c1. The molecule has 0 fully saturated rings. The molecule has 0 aliphatic carbocycles. The average molecular weight is 204 g/mol. The lowest BCUT2D eigenvalue weighted by Gasteiger charge is -2.06. The summed E-state index contributed by atoms with van der Waals surface area (Å²) in [5.41, 5.74) is 2.32. The number of rotatable bonds is 3. The molecule has 4 nitrogen and oxygen atoms in total. The number of hydrogen-bond acceptors (Lipinski definition) is 4. The molecule has 0 amide bonds. The Balaban J connectivity index is 2.68. The van der Waals surface area contributed by atoms with Crippen LogP contribution >= 0.6 is 0 Å². The first-order valence-electron chi connectivity index (χ1n) is 4.49. The van der Waals surface area contributed by atoms with E-state index < -0.39 is 0 Å². The fourth-order valence-corrected chi connectivity index (χ4v) is 1.15. The number of carbonyl (C=O) groups excluding carboxylic acids is 1. The molecule has 0 atom stereocenters. The second kappa shape index (κ2) is 5.01. The van der Waals surface area contributed by atoms with E-state index in [2.05, 4.69) is 16.1 Å². The zero-order valence-electron chi connectivity index (χ0n) is 8.70. The summed E-state index contributed by atoms with van der Waals surface area (Å²) in [7, 11) is 1.34. The molecule has 15 heavy (non-hydrogen) atoms. The Kier molecular flexibility index (Phi) is 3.69. The minimum absolute atomic E-state index is 0.127. The molecule has 1 N–H and O–H groups in total. The van der Waals surface area contributed by atoms with Crippen molar-refractivity contribution in [1.29, 1.82) is 5.26 Å². The fourth-order valence-electron chi connectivity index (χ4n) is 1.15. The first kappa shape index (κ1) is 11.1. The molecule has 1 aromatic carbocycles. The Hall–Kier alpha value is -2.02. The molecule has 0 heterocycles. The number of hydrogen-bond donors (Lipinski definition) is 1. The maximum absolute atomic E-state index is 10.9. The molecule has 0 aliphatic rings. The van der Waals surface area contributed by atoms with Gasteiger partial charge in [0.1, 0.15) is 6.54 Å². The number of benzene rings is 1. The number of nitriles is 1. The molecular formula is C11H12N2O2. The summed E-state index contributed by atoms with van der Waals surface area (Å²) in [6.07, 6.45) is 0. The Labute approximate surface area is 88.5 Å². The van der Waals surface area contributed by atoms with Crippen LogP contribution in [0, 0.1) is 18.3 Å². The van der Waals surface area contributed by atoms with E-state index in [-0.39, 0.29) is 12.5 Å². The lowest BCUT2D eigenvalue weighted by Crippen LogP contribution is -2.14. The van der Waals surface area contributed by atoms with E-state index >= 15 is 0 Å². The van der Waals surface area contributed by atoms with Crippen molar-refractivity contribution in [2.24, 2.45) is 0 Å². The number of nitrogens with one attached hydrogen (secondary N) is 1. The first-order chi connectivity index (χ1) is 7.17. The van der Waals surface area contributed by atoms with Gasteiger partial charge in [-0.3, -0.25) is 4.79 Å². The third-order valence-corrected chi connectivity index (χ3v) is 2.01. The van der Waals surface area contributed by atoms with Crippen LogP contribution in [0.5, 0.6) is 0 Å². The van der Waals surface area contributed by atoms with Gasteiger partial charge in [-0.2, -0.15) is 5.26 Å². The quantitative estimate of drug-likeness (QED) is 0.757. The summed E-state index contributed by atoms with van der Waals surface area (Å²) in [4.78, 5) is 10.9. The van der Waals surface area contributed by atoms with Gasteiger partial charge < -0.3 is 10.1 Å². The molecule has 1 aromatic rings. The molecule has 0 saturated heterocycles. The highest BCUT2D eigenvalue weighted by Crippen LogP contribution is 2.13. The van der Waals surface area contributed by atoms with Gasteiger partial charge in [-0.1, -0.05) is 0 Å². The van der Waals surface area contributed by atoms with Crippen molar-refractivity contribution in [2.45, 2.75) is 6.92 Å². The number of esters is 1. The van der Waals surface area contributed by atoms with Crippen LogP contribution in [0.25, 0.3) is 0 Å². The van der Waals surface area contributed by atoms with Crippen molar-refractivity contribution < 1.29 is 9.53 Å². The minimum Gasteiger partial charge on any atom is -0.468 e. The molecular weight excluding hydrogens is 192 g/mol. The Morgan fingerprint density at radius 2 is 2.33 bits per heavy atom. The third-order valence-electron chi connectivity index (χ3n) is 2.01. The molecule has 0 aliphatic heterocycles. The predicted octanol–water partition coefficient (Wildman–Crippen LogP) is 1.45. The molecule has 78 valence electrons. The largest absolute Gasteiger partial charge is 0.468 e. The zero-order chi connectivity index (χ0) is 11.3. The van der Waals surface area contributed by atoms with Crippen LogP contribution in [0.2, 0.25) is 0 Å². The van der Waals surface area contributed by atoms with Crippen LogP contribution in [0.1, 0.15) is 11.1 Å². The normalized spacial score (nSPS) is 9.13. The standard InChI is InChI=1S/C11H12N2O2/c1-8-5-10(4-3-9(8)6-12)13-7-11(14)15-2/h3-5,13H,7H2,1-2H3. The minimum atomic E-state index is -0.322. The molecule has 0 spiro atoms. The van der Waals surface area contributed by atoms with Gasteiger partial charge in [-0.15, -0.1) is 0 Å². The van der Waals surface area contributed by atoms with Crippen LogP contribution < -0.4 is 5.32 Å². The van der Waals surface area contributed by atoms with E-state index in [9.17, 15) is 4.79 Å². The number of nitrogens with zero attached hydrogens (tertiary/aromatic N) is 1. The van der Waals surface area contributed by atoms with E-state index in [1.165, 1.54) is 7.11 Å². The van der Waals surface area contributed by atoms with E-state index in [0.29, 0.717) is 5.56 Å².